The molecule has 1 fully saturated rings. The number of rotatable bonds is 4. The summed E-state index contributed by atoms with van der Waals surface area (Å²) in [6.45, 7) is 6.22. The molecule has 0 bridgehead atoms. The van der Waals surface area contributed by atoms with Gasteiger partial charge in [-0.2, -0.15) is 0 Å². The minimum atomic E-state index is -0.240. The molecule has 4 heterocycles. The molecule has 2 aromatic carbocycles. The Kier molecular flexibility index (Phi) is 5.29. The standard InChI is InChI=1S/C27H26FN5S/c1-16(2)17-3-5-18(6-4-17)21-14-34-27-24(21)26(29-15-30-27)33-11-9-19(10-12-33)25-31-22-8-7-20(28)13-23(22)32-25/h3-8,13-16,19H,9-12H2,1-2H3,(H,31,32). The van der Waals surface area contributed by atoms with E-state index in [9.17, 15) is 4.39 Å². The Morgan fingerprint density at radius 2 is 1.85 bits per heavy atom. The van der Waals surface area contributed by atoms with Gasteiger partial charge < -0.3 is 9.88 Å². The molecule has 0 atom stereocenters. The summed E-state index contributed by atoms with van der Waals surface area (Å²) in [5, 5.41) is 3.34. The van der Waals surface area contributed by atoms with E-state index in [0.29, 0.717) is 11.8 Å². The van der Waals surface area contributed by atoms with E-state index < -0.39 is 0 Å². The Balaban J connectivity index is 1.27. The zero-order chi connectivity index (χ0) is 23.2. The third-order valence-electron chi connectivity index (χ3n) is 6.88. The van der Waals surface area contributed by atoms with Crippen molar-refractivity contribution in [1.29, 1.82) is 0 Å². The Bertz CT molecular complexity index is 1460. The molecule has 1 saturated heterocycles. The summed E-state index contributed by atoms with van der Waals surface area (Å²) in [4.78, 5) is 20.8. The van der Waals surface area contributed by atoms with Gasteiger partial charge in [0.15, 0.2) is 0 Å². The third kappa shape index (κ3) is 3.74. The van der Waals surface area contributed by atoms with Crippen LogP contribution in [0.5, 0.6) is 0 Å². The first-order chi connectivity index (χ1) is 16.6. The van der Waals surface area contributed by atoms with Crippen LogP contribution in [0.25, 0.3) is 32.4 Å². The van der Waals surface area contributed by atoms with E-state index in [1.807, 2.05) is 0 Å². The van der Waals surface area contributed by atoms with E-state index in [1.54, 1.807) is 23.7 Å². The van der Waals surface area contributed by atoms with Gasteiger partial charge in [-0.3, -0.25) is 0 Å². The number of imidazole rings is 1. The van der Waals surface area contributed by atoms with Crippen LogP contribution in [0.4, 0.5) is 10.2 Å². The number of hydrogen-bond donors (Lipinski definition) is 1. The fourth-order valence-electron chi connectivity index (χ4n) is 4.92. The number of aromatic amines is 1. The first-order valence-electron chi connectivity index (χ1n) is 11.8. The van der Waals surface area contributed by atoms with Crippen molar-refractivity contribution in [3.8, 4) is 11.1 Å². The van der Waals surface area contributed by atoms with E-state index in [1.165, 1.54) is 28.8 Å². The predicted octanol–water partition coefficient (Wildman–Crippen LogP) is 6.88. The minimum Gasteiger partial charge on any atom is -0.356 e. The van der Waals surface area contributed by atoms with Crippen LogP contribution in [0.15, 0.2) is 54.2 Å². The molecule has 172 valence electrons. The SMILES string of the molecule is CC(C)c1ccc(-c2csc3ncnc(N4CCC(c5nc6ccc(F)cc6[nH]5)CC4)c23)cc1. The third-order valence-corrected chi connectivity index (χ3v) is 7.77. The van der Waals surface area contributed by atoms with Crippen LogP contribution in [0.2, 0.25) is 0 Å². The van der Waals surface area contributed by atoms with E-state index in [0.717, 1.165) is 58.8 Å². The number of thiophene rings is 1. The molecule has 0 spiro atoms. The molecule has 3 aromatic heterocycles. The molecule has 7 heteroatoms. The van der Waals surface area contributed by atoms with Crippen molar-refractivity contribution in [3.63, 3.8) is 0 Å². The average molecular weight is 472 g/mol. The van der Waals surface area contributed by atoms with Gasteiger partial charge in [0.1, 0.15) is 28.6 Å². The van der Waals surface area contributed by atoms with Crippen LogP contribution in [-0.2, 0) is 0 Å². The molecule has 5 nitrogen and oxygen atoms in total. The quantitative estimate of drug-likeness (QED) is 0.310. The minimum absolute atomic E-state index is 0.240. The maximum Gasteiger partial charge on any atom is 0.141 e. The van der Waals surface area contributed by atoms with Crippen molar-refractivity contribution in [2.75, 3.05) is 18.0 Å². The largest absolute Gasteiger partial charge is 0.356 e. The molecule has 6 rings (SSSR count). The number of H-pyrrole nitrogens is 1. The van der Waals surface area contributed by atoms with Gasteiger partial charge in [0.2, 0.25) is 0 Å². The highest BCUT2D eigenvalue weighted by atomic mass is 32.1. The van der Waals surface area contributed by atoms with E-state index in [-0.39, 0.29) is 5.82 Å². The lowest BCUT2D eigenvalue weighted by atomic mass is 9.95. The van der Waals surface area contributed by atoms with Gasteiger partial charge in [0, 0.05) is 30.0 Å². The number of anilines is 1. The molecule has 0 saturated carbocycles. The zero-order valence-electron chi connectivity index (χ0n) is 19.3. The molecule has 0 aliphatic carbocycles. The smallest absolute Gasteiger partial charge is 0.141 e. The first kappa shape index (κ1) is 21.2. The number of aromatic nitrogens is 4. The van der Waals surface area contributed by atoms with Crippen LogP contribution in [0, 0.1) is 5.82 Å². The molecule has 1 aliphatic rings. The van der Waals surface area contributed by atoms with Crippen molar-refractivity contribution in [2.24, 2.45) is 0 Å². The van der Waals surface area contributed by atoms with Crippen LogP contribution in [0.3, 0.4) is 0 Å². The Labute approximate surface area is 201 Å². The Morgan fingerprint density at radius 3 is 2.62 bits per heavy atom. The first-order valence-corrected chi connectivity index (χ1v) is 12.7. The lowest BCUT2D eigenvalue weighted by Crippen LogP contribution is -2.34. The molecular formula is C27H26FN5S. The zero-order valence-corrected chi connectivity index (χ0v) is 20.1. The lowest BCUT2D eigenvalue weighted by molar-refractivity contribution is 0.488. The van der Waals surface area contributed by atoms with Crippen molar-refractivity contribution >= 4 is 38.4 Å². The highest BCUT2D eigenvalue weighted by molar-refractivity contribution is 7.17. The van der Waals surface area contributed by atoms with E-state index in [2.05, 4.69) is 58.4 Å². The fraction of sp³-hybridized carbons (Fsp3) is 0.296. The maximum absolute atomic E-state index is 13.6. The molecule has 0 amide bonds. The monoisotopic (exact) mass is 471 g/mol. The summed E-state index contributed by atoms with van der Waals surface area (Å²) >= 11 is 1.67. The summed E-state index contributed by atoms with van der Waals surface area (Å²) in [7, 11) is 0. The highest BCUT2D eigenvalue weighted by Crippen LogP contribution is 2.40. The van der Waals surface area contributed by atoms with Gasteiger partial charge in [-0.05, 0) is 48.1 Å². The van der Waals surface area contributed by atoms with E-state index in [4.69, 9.17) is 9.97 Å². The highest BCUT2D eigenvalue weighted by Gasteiger charge is 2.26. The Hall–Kier alpha value is -3.32. The number of benzene rings is 2. The summed E-state index contributed by atoms with van der Waals surface area (Å²) in [6, 6.07) is 13.6. The van der Waals surface area contributed by atoms with Crippen LogP contribution < -0.4 is 4.90 Å². The number of fused-ring (bicyclic) bond motifs is 2. The molecule has 5 aromatic rings. The number of piperidine rings is 1. The lowest BCUT2D eigenvalue weighted by Gasteiger charge is -2.32. The maximum atomic E-state index is 13.6. The molecule has 1 N–H and O–H groups in total. The topological polar surface area (TPSA) is 57.7 Å². The van der Waals surface area contributed by atoms with Crippen LogP contribution in [-0.4, -0.2) is 33.0 Å². The normalized spacial score (nSPS) is 15.1. The van der Waals surface area contributed by atoms with Crippen molar-refractivity contribution in [2.45, 2.75) is 38.5 Å². The fourth-order valence-corrected chi connectivity index (χ4v) is 5.83. The van der Waals surface area contributed by atoms with Crippen LogP contribution >= 0.6 is 11.3 Å². The van der Waals surface area contributed by atoms with E-state index >= 15 is 0 Å². The number of hydrogen-bond acceptors (Lipinski definition) is 5. The summed E-state index contributed by atoms with van der Waals surface area (Å²) in [5.41, 5.74) is 5.34. The van der Waals surface area contributed by atoms with Gasteiger partial charge in [-0.15, -0.1) is 11.3 Å². The van der Waals surface area contributed by atoms with Crippen molar-refractivity contribution in [1.82, 2.24) is 19.9 Å². The second kappa shape index (κ2) is 8.47. The second-order valence-corrected chi connectivity index (χ2v) is 10.2. The molecule has 1 aliphatic heterocycles. The molecule has 0 radical (unpaired) electrons. The van der Waals surface area contributed by atoms with Gasteiger partial charge in [-0.1, -0.05) is 38.1 Å². The van der Waals surface area contributed by atoms with Gasteiger partial charge in [0.25, 0.3) is 0 Å². The van der Waals surface area contributed by atoms with Crippen molar-refractivity contribution < 1.29 is 4.39 Å². The Morgan fingerprint density at radius 1 is 1.06 bits per heavy atom. The molecule has 34 heavy (non-hydrogen) atoms. The summed E-state index contributed by atoms with van der Waals surface area (Å²) in [6.07, 6.45) is 3.62. The number of nitrogens with zero attached hydrogens (tertiary/aromatic N) is 4. The summed E-state index contributed by atoms with van der Waals surface area (Å²) < 4.78 is 13.6. The summed E-state index contributed by atoms with van der Waals surface area (Å²) in [5.74, 6) is 2.57. The van der Waals surface area contributed by atoms with Crippen molar-refractivity contribution in [3.05, 3.63) is 71.4 Å². The second-order valence-electron chi connectivity index (χ2n) is 9.35. The van der Waals surface area contributed by atoms with Gasteiger partial charge in [0.05, 0.1) is 16.4 Å². The average Bonchev–Trinajstić information content (AvgIpc) is 3.48. The van der Waals surface area contributed by atoms with Gasteiger partial charge >= 0.3 is 0 Å². The number of halogens is 1. The number of nitrogens with one attached hydrogen (secondary N) is 1. The molecule has 0 unspecified atom stereocenters. The predicted molar refractivity (Wildman–Crippen MR) is 137 cm³/mol. The van der Waals surface area contributed by atoms with Gasteiger partial charge in [-0.25, -0.2) is 19.3 Å². The van der Waals surface area contributed by atoms with Crippen LogP contribution in [0.1, 0.15) is 49.9 Å². The molecular weight excluding hydrogens is 445 g/mol.